The van der Waals surface area contributed by atoms with E-state index >= 15 is 0 Å². The summed E-state index contributed by atoms with van der Waals surface area (Å²) in [5.74, 6) is 0.443. The fraction of sp³-hybridized carbons (Fsp3) is 0.474. The van der Waals surface area contributed by atoms with Crippen LogP contribution in [0.2, 0.25) is 0 Å². The summed E-state index contributed by atoms with van der Waals surface area (Å²) in [6, 6.07) is 10.4. The number of aromatic amines is 1. The highest BCUT2D eigenvalue weighted by molar-refractivity contribution is 5.77. The SMILES string of the molecule is Cc1n[nH]c(C)c1C(C)CC(=O)N1CCN(c2ccccc2)CC1. The Labute approximate surface area is 143 Å². The van der Waals surface area contributed by atoms with Gasteiger partial charge in [0.1, 0.15) is 0 Å². The average Bonchev–Trinajstić information content (AvgIpc) is 2.94. The molecule has 1 aromatic carbocycles. The molecule has 2 heterocycles. The third-order valence-corrected chi connectivity index (χ3v) is 4.91. The molecule has 1 saturated heterocycles. The Balaban J connectivity index is 1.56. The molecule has 0 bridgehead atoms. The third kappa shape index (κ3) is 3.45. The van der Waals surface area contributed by atoms with E-state index in [2.05, 4.69) is 46.3 Å². The second-order valence-electron chi connectivity index (χ2n) is 6.66. The van der Waals surface area contributed by atoms with Gasteiger partial charge in [0.15, 0.2) is 0 Å². The van der Waals surface area contributed by atoms with E-state index in [4.69, 9.17) is 0 Å². The van der Waals surface area contributed by atoms with E-state index in [1.165, 1.54) is 11.3 Å². The normalized spacial score (nSPS) is 16.3. The molecule has 3 rings (SSSR count). The van der Waals surface area contributed by atoms with Crippen LogP contribution in [0.3, 0.4) is 0 Å². The number of para-hydroxylation sites is 1. The van der Waals surface area contributed by atoms with Crippen molar-refractivity contribution >= 4 is 11.6 Å². The van der Waals surface area contributed by atoms with Gasteiger partial charge in [-0.3, -0.25) is 9.89 Å². The number of anilines is 1. The van der Waals surface area contributed by atoms with Gasteiger partial charge in [-0.2, -0.15) is 5.10 Å². The number of carbonyl (C=O) groups excluding carboxylic acids is 1. The lowest BCUT2D eigenvalue weighted by molar-refractivity contribution is -0.131. The standard InChI is InChI=1S/C19H26N4O/c1-14(19-15(2)20-21-16(19)3)13-18(24)23-11-9-22(10-12-23)17-7-5-4-6-8-17/h4-8,14H,9-13H2,1-3H3,(H,20,21). The number of benzene rings is 1. The molecule has 0 saturated carbocycles. The largest absolute Gasteiger partial charge is 0.368 e. The van der Waals surface area contributed by atoms with Crippen LogP contribution in [0, 0.1) is 13.8 Å². The van der Waals surface area contributed by atoms with E-state index in [9.17, 15) is 4.79 Å². The number of H-pyrrole nitrogens is 1. The van der Waals surface area contributed by atoms with Gasteiger partial charge in [0.25, 0.3) is 0 Å². The molecule has 5 heteroatoms. The third-order valence-electron chi connectivity index (χ3n) is 4.91. The molecule has 0 radical (unpaired) electrons. The van der Waals surface area contributed by atoms with Crippen molar-refractivity contribution in [2.24, 2.45) is 0 Å². The van der Waals surface area contributed by atoms with Crippen LogP contribution >= 0.6 is 0 Å². The summed E-state index contributed by atoms with van der Waals surface area (Å²) in [6.45, 7) is 9.52. The van der Waals surface area contributed by atoms with Crippen LogP contribution in [0.4, 0.5) is 5.69 Å². The zero-order valence-electron chi connectivity index (χ0n) is 14.7. The van der Waals surface area contributed by atoms with E-state index in [1.54, 1.807) is 0 Å². The van der Waals surface area contributed by atoms with Crippen molar-refractivity contribution in [2.45, 2.75) is 33.1 Å². The molecular formula is C19H26N4O. The first kappa shape index (κ1) is 16.6. The number of amides is 1. The smallest absolute Gasteiger partial charge is 0.223 e. The Morgan fingerprint density at radius 1 is 1.17 bits per heavy atom. The van der Waals surface area contributed by atoms with Crippen LogP contribution in [0.25, 0.3) is 0 Å². The molecule has 2 aromatic rings. The summed E-state index contributed by atoms with van der Waals surface area (Å²) in [4.78, 5) is 17.0. The summed E-state index contributed by atoms with van der Waals surface area (Å²) in [7, 11) is 0. The Morgan fingerprint density at radius 2 is 1.83 bits per heavy atom. The number of hydrogen-bond donors (Lipinski definition) is 1. The van der Waals surface area contributed by atoms with Crippen LogP contribution < -0.4 is 4.90 Å². The molecule has 0 spiro atoms. The summed E-state index contributed by atoms with van der Waals surface area (Å²) in [6.07, 6.45) is 0.548. The molecule has 1 aliphatic heterocycles. The Bertz CT molecular complexity index is 667. The van der Waals surface area contributed by atoms with Crippen LogP contribution in [-0.2, 0) is 4.79 Å². The molecule has 1 aromatic heterocycles. The molecular weight excluding hydrogens is 300 g/mol. The topological polar surface area (TPSA) is 52.2 Å². The number of nitrogens with one attached hydrogen (secondary N) is 1. The van der Waals surface area contributed by atoms with Gasteiger partial charge in [-0.05, 0) is 37.5 Å². The van der Waals surface area contributed by atoms with E-state index in [0.29, 0.717) is 6.42 Å². The maximum absolute atomic E-state index is 12.6. The highest BCUT2D eigenvalue weighted by atomic mass is 16.2. The fourth-order valence-electron chi connectivity index (χ4n) is 3.63. The number of nitrogens with zero attached hydrogens (tertiary/aromatic N) is 3. The minimum absolute atomic E-state index is 0.198. The predicted octanol–water partition coefficient (Wildman–Crippen LogP) is 2.87. The predicted molar refractivity (Wildman–Crippen MR) is 96.3 cm³/mol. The maximum atomic E-state index is 12.6. The van der Waals surface area contributed by atoms with Crippen molar-refractivity contribution in [3.63, 3.8) is 0 Å². The highest BCUT2D eigenvalue weighted by Crippen LogP contribution is 2.25. The summed E-state index contributed by atoms with van der Waals surface area (Å²) >= 11 is 0. The maximum Gasteiger partial charge on any atom is 0.223 e. The van der Waals surface area contributed by atoms with Crippen molar-refractivity contribution in [2.75, 3.05) is 31.1 Å². The second-order valence-corrected chi connectivity index (χ2v) is 6.66. The van der Waals surface area contributed by atoms with Crippen molar-refractivity contribution in [1.82, 2.24) is 15.1 Å². The number of aryl methyl sites for hydroxylation is 2. The first-order valence-corrected chi connectivity index (χ1v) is 8.65. The molecule has 1 fully saturated rings. The average molecular weight is 326 g/mol. The Kier molecular flexibility index (Phi) is 4.88. The van der Waals surface area contributed by atoms with Crippen molar-refractivity contribution < 1.29 is 4.79 Å². The minimum Gasteiger partial charge on any atom is -0.368 e. The van der Waals surface area contributed by atoms with E-state index in [0.717, 1.165) is 37.6 Å². The molecule has 1 unspecified atom stereocenters. The first-order valence-electron chi connectivity index (χ1n) is 8.65. The van der Waals surface area contributed by atoms with Gasteiger partial charge in [-0.15, -0.1) is 0 Å². The zero-order valence-corrected chi connectivity index (χ0v) is 14.7. The van der Waals surface area contributed by atoms with Gasteiger partial charge in [0.05, 0.1) is 5.69 Å². The molecule has 1 amide bonds. The summed E-state index contributed by atoms with van der Waals surface area (Å²) in [5, 5.41) is 7.26. The van der Waals surface area contributed by atoms with Gasteiger partial charge in [-0.1, -0.05) is 25.1 Å². The second kappa shape index (κ2) is 7.07. The number of carbonyl (C=O) groups is 1. The summed E-state index contributed by atoms with van der Waals surface area (Å²) in [5.41, 5.74) is 4.50. The van der Waals surface area contributed by atoms with E-state index in [-0.39, 0.29) is 11.8 Å². The van der Waals surface area contributed by atoms with E-state index < -0.39 is 0 Å². The van der Waals surface area contributed by atoms with Gasteiger partial charge in [-0.25, -0.2) is 0 Å². The van der Waals surface area contributed by atoms with Crippen molar-refractivity contribution in [1.29, 1.82) is 0 Å². The van der Waals surface area contributed by atoms with Crippen LogP contribution in [0.15, 0.2) is 30.3 Å². The minimum atomic E-state index is 0.198. The molecule has 1 N–H and O–H groups in total. The van der Waals surface area contributed by atoms with Crippen LogP contribution in [0.5, 0.6) is 0 Å². The van der Waals surface area contributed by atoms with Crippen molar-refractivity contribution in [3.05, 3.63) is 47.3 Å². The Morgan fingerprint density at radius 3 is 2.42 bits per heavy atom. The monoisotopic (exact) mass is 326 g/mol. The zero-order chi connectivity index (χ0) is 17.1. The number of aromatic nitrogens is 2. The fourth-order valence-corrected chi connectivity index (χ4v) is 3.63. The van der Waals surface area contributed by atoms with Crippen LogP contribution in [-0.4, -0.2) is 47.2 Å². The highest BCUT2D eigenvalue weighted by Gasteiger charge is 2.24. The number of hydrogen-bond acceptors (Lipinski definition) is 3. The van der Waals surface area contributed by atoms with Gasteiger partial charge in [0, 0.05) is 44.0 Å². The molecule has 5 nitrogen and oxygen atoms in total. The van der Waals surface area contributed by atoms with Crippen molar-refractivity contribution in [3.8, 4) is 0 Å². The van der Waals surface area contributed by atoms with Gasteiger partial charge in [0.2, 0.25) is 5.91 Å². The van der Waals surface area contributed by atoms with Gasteiger partial charge < -0.3 is 9.80 Å². The number of rotatable bonds is 4. The number of piperazine rings is 1. The first-order chi connectivity index (χ1) is 11.6. The lowest BCUT2D eigenvalue weighted by Crippen LogP contribution is -2.49. The molecule has 0 aliphatic carbocycles. The molecule has 1 atom stereocenters. The van der Waals surface area contributed by atoms with Gasteiger partial charge >= 0.3 is 0 Å². The quantitative estimate of drug-likeness (QED) is 0.940. The Hall–Kier alpha value is -2.30. The lowest BCUT2D eigenvalue weighted by Gasteiger charge is -2.36. The summed E-state index contributed by atoms with van der Waals surface area (Å²) < 4.78 is 0. The molecule has 128 valence electrons. The van der Waals surface area contributed by atoms with E-state index in [1.807, 2.05) is 24.8 Å². The van der Waals surface area contributed by atoms with Crippen LogP contribution in [0.1, 0.15) is 36.2 Å². The lowest BCUT2D eigenvalue weighted by atomic mass is 9.95. The molecule has 1 aliphatic rings. The molecule has 24 heavy (non-hydrogen) atoms.